The van der Waals surface area contributed by atoms with E-state index in [1.165, 1.54) is 11.1 Å². The van der Waals surface area contributed by atoms with E-state index in [0.717, 1.165) is 24.8 Å². The van der Waals surface area contributed by atoms with Gasteiger partial charge >= 0.3 is 5.97 Å². The highest BCUT2D eigenvalue weighted by atomic mass is 16.4. The number of hydrogen-bond acceptors (Lipinski definition) is 2. The number of carboxylic acid groups (broad SMARTS) is 1. The van der Waals surface area contributed by atoms with Crippen molar-refractivity contribution in [3.05, 3.63) is 72.1 Å². The number of unbranched alkanes of at least 4 members (excludes halogenated alkanes) is 2. The molecule has 0 radical (unpaired) electrons. The molecule has 2 rings (SSSR count). The number of aromatic nitrogens is 1. The molecule has 3 heteroatoms. The van der Waals surface area contributed by atoms with Crippen molar-refractivity contribution in [2.45, 2.75) is 39.5 Å². The van der Waals surface area contributed by atoms with Gasteiger partial charge in [-0.25, -0.2) is 0 Å². The Morgan fingerprint density at radius 2 is 1.79 bits per heavy atom. The van der Waals surface area contributed by atoms with Gasteiger partial charge in [0.15, 0.2) is 0 Å². The molecule has 1 heterocycles. The van der Waals surface area contributed by atoms with Gasteiger partial charge in [0.1, 0.15) is 0 Å². The molecule has 0 aliphatic carbocycles. The van der Waals surface area contributed by atoms with Crippen molar-refractivity contribution in [2.75, 3.05) is 0 Å². The van der Waals surface area contributed by atoms with Gasteiger partial charge in [0.05, 0.1) is 5.41 Å². The van der Waals surface area contributed by atoms with Gasteiger partial charge in [-0.3, -0.25) is 9.78 Å². The quantitative estimate of drug-likeness (QED) is 0.681. The van der Waals surface area contributed by atoms with E-state index in [4.69, 9.17) is 5.11 Å². The van der Waals surface area contributed by atoms with E-state index < -0.39 is 11.4 Å². The van der Waals surface area contributed by atoms with Crippen LogP contribution in [-0.4, -0.2) is 16.1 Å². The molecule has 3 nitrogen and oxygen atoms in total. The molecule has 1 aromatic heterocycles. The number of benzene rings is 1. The lowest BCUT2D eigenvalue weighted by Gasteiger charge is -2.18. The highest BCUT2D eigenvalue weighted by Crippen LogP contribution is 2.26. The fourth-order valence-electron chi connectivity index (χ4n) is 2.61. The van der Waals surface area contributed by atoms with Crippen LogP contribution in [0.25, 0.3) is 5.57 Å². The maximum Gasteiger partial charge on any atom is 0.309 e. The van der Waals surface area contributed by atoms with Gasteiger partial charge in [0, 0.05) is 18.0 Å². The second-order valence-corrected chi connectivity index (χ2v) is 6.66. The molecule has 0 atom stereocenters. The summed E-state index contributed by atoms with van der Waals surface area (Å²) in [7, 11) is 0. The second-order valence-electron chi connectivity index (χ2n) is 6.66. The molecule has 1 aromatic carbocycles. The average Bonchev–Trinajstić information content (AvgIpc) is 2.59. The van der Waals surface area contributed by atoms with Gasteiger partial charge in [0.2, 0.25) is 0 Å². The Balaban J connectivity index is 2.03. The molecule has 126 valence electrons. The predicted octanol–water partition coefficient (Wildman–Crippen LogP) is 5.18. The predicted molar refractivity (Wildman–Crippen MR) is 97.6 cm³/mol. The minimum Gasteiger partial charge on any atom is -0.481 e. The van der Waals surface area contributed by atoms with Crippen LogP contribution >= 0.6 is 0 Å². The smallest absolute Gasteiger partial charge is 0.309 e. The third kappa shape index (κ3) is 5.05. The Kier molecular flexibility index (Phi) is 6.30. The maximum absolute atomic E-state index is 11.1. The molecular formula is C21H25NO2. The van der Waals surface area contributed by atoms with Crippen LogP contribution in [-0.2, 0) is 4.79 Å². The SMILES string of the molecule is CC(C)(CCCC/C=C(/c1ccccc1)c1cccnc1)C(=O)O. The summed E-state index contributed by atoms with van der Waals surface area (Å²) in [6, 6.07) is 14.3. The molecule has 0 spiro atoms. The van der Waals surface area contributed by atoms with Gasteiger partial charge in [-0.05, 0) is 50.3 Å². The Labute approximate surface area is 144 Å². The van der Waals surface area contributed by atoms with Gasteiger partial charge in [-0.1, -0.05) is 48.9 Å². The van der Waals surface area contributed by atoms with Crippen LogP contribution in [0.15, 0.2) is 60.9 Å². The van der Waals surface area contributed by atoms with Crippen molar-refractivity contribution >= 4 is 11.5 Å². The number of aliphatic carboxylic acids is 1. The van der Waals surface area contributed by atoms with E-state index in [9.17, 15) is 4.79 Å². The summed E-state index contributed by atoms with van der Waals surface area (Å²) in [6.07, 6.45) is 9.41. The highest BCUT2D eigenvalue weighted by Gasteiger charge is 2.25. The lowest BCUT2D eigenvalue weighted by molar-refractivity contribution is -0.147. The van der Waals surface area contributed by atoms with Crippen LogP contribution in [0.4, 0.5) is 0 Å². The summed E-state index contributed by atoms with van der Waals surface area (Å²) < 4.78 is 0. The first-order chi connectivity index (χ1) is 11.5. The summed E-state index contributed by atoms with van der Waals surface area (Å²) in [5.41, 5.74) is 2.82. The lowest BCUT2D eigenvalue weighted by atomic mass is 9.87. The first kappa shape index (κ1) is 17.9. The Morgan fingerprint density at radius 3 is 2.42 bits per heavy atom. The van der Waals surface area contributed by atoms with Crippen molar-refractivity contribution < 1.29 is 9.90 Å². The third-order valence-corrected chi connectivity index (χ3v) is 4.24. The molecule has 24 heavy (non-hydrogen) atoms. The molecule has 0 saturated heterocycles. The van der Waals surface area contributed by atoms with Gasteiger partial charge in [-0.15, -0.1) is 0 Å². The number of nitrogens with zero attached hydrogens (tertiary/aromatic N) is 1. The minimum absolute atomic E-state index is 0.644. The zero-order valence-corrected chi connectivity index (χ0v) is 14.4. The monoisotopic (exact) mass is 323 g/mol. The van der Waals surface area contributed by atoms with E-state index in [-0.39, 0.29) is 0 Å². The molecule has 0 fully saturated rings. The van der Waals surface area contributed by atoms with Gasteiger partial charge < -0.3 is 5.11 Å². The van der Waals surface area contributed by atoms with Gasteiger partial charge in [-0.2, -0.15) is 0 Å². The van der Waals surface area contributed by atoms with Crippen LogP contribution in [0, 0.1) is 5.41 Å². The van der Waals surface area contributed by atoms with Crippen LogP contribution in [0.1, 0.15) is 50.7 Å². The zero-order valence-electron chi connectivity index (χ0n) is 14.4. The summed E-state index contributed by atoms with van der Waals surface area (Å²) in [5, 5.41) is 9.16. The summed E-state index contributed by atoms with van der Waals surface area (Å²) >= 11 is 0. The fourth-order valence-corrected chi connectivity index (χ4v) is 2.61. The van der Waals surface area contributed by atoms with E-state index in [0.29, 0.717) is 6.42 Å². The first-order valence-corrected chi connectivity index (χ1v) is 8.40. The summed E-state index contributed by atoms with van der Waals surface area (Å²) in [6.45, 7) is 3.58. The normalized spacial score (nSPS) is 12.2. The van der Waals surface area contributed by atoms with Crippen molar-refractivity contribution in [2.24, 2.45) is 5.41 Å². The summed E-state index contributed by atoms with van der Waals surface area (Å²) in [5.74, 6) is -0.724. The molecule has 0 aliphatic rings. The Morgan fingerprint density at radius 1 is 1.08 bits per heavy atom. The molecular weight excluding hydrogens is 298 g/mol. The highest BCUT2D eigenvalue weighted by molar-refractivity contribution is 5.79. The van der Waals surface area contributed by atoms with Gasteiger partial charge in [0.25, 0.3) is 0 Å². The molecule has 0 bridgehead atoms. The van der Waals surface area contributed by atoms with Crippen molar-refractivity contribution in [1.29, 1.82) is 0 Å². The van der Waals surface area contributed by atoms with Crippen LogP contribution in [0.2, 0.25) is 0 Å². The minimum atomic E-state index is -0.724. The number of hydrogen-bond donors (Lipinski definition) is 1. The van der Waals surface area contributed by atoms with Crippen molar-refractivity contribution in [3.8, 4) is 0 Å². The van der Waals surface area contributed by atoms with Crippen LogP contribution in [0.3, 0.4) is 0 Å². The zero-order chi connectivity index (χ0) is 17.4. The van der Waals surface area contributed by atoms with Crippen LogP contribution in [0.5, 0.6) is 0 Å². The topological polar surface area (TPSA) is 50.2 Å². The van der Waals surface area contributed by atoms with Crippen molar-refractivity contribution in [1.82, 2.24) is 4.98 Å². The maximum atomic E-state index is 11.1. The number of carboxylic acids is 1. The van der Waals surface area contributed by atoms with E-state index in [2.05, 4.69) is 29.3 Å². The average molecular weight is 323 g/mol. The van der Waals surface area contributed by atoms with Crippen LogP contribution < -0.4 is 0 Å². The fraction of sp³-hybridized carbons (Fsp3) is 0.333. The standard InChI is InChI=1S/C21H25NO2/c1-21(2,20(23)24)14-8-4-7-13-19(17-10-5-3-6-11-17)18-12-9-15-22-16-18/h3,5-6,9-13,15-16H,4,7-8,14H2,1-2H3,(H,23,24)/b19-13-. The Bertz CT molecular complexity index is 634. The second kappa shape index (κ2) is 8.44. The van der Waals surface area contributed by atoms with Crippen molar-refractivity contribution in [3.63, 3.8) is 0 Å². The van der Waals surface area contributed by atoms with E-state index in [1.807, 2.05) is 30.5 Å². The molecule has 2 aromatic rings. The molecule has 0 saturated carbocycles. The third-order valence-electron chi connectivity index (χ3n) is 4.24. The number of allylic oxidation sites excluding steroid dienone is 1. The van der Waals surface area contributed by atoms with E-state index >= 15 is 0 Å². The first-order valence-electron chi connectivity index (χ1n) is 8.40. The van der Waals surface area contributed by atoms with E-state index in [1.54, 1.807) is 20.0 Å². The molecule has 0 amide bonds. The lowest BCUT2D eigenvalue weighted by Crippen LogP contribution is -2.23. The Hall–Kier alpha value is -2.42. The largest absolute Gasteiger partial charge is 0.481 e. The number of carbonyl (C=O) groups is 1. The number of pyridine rings is 1. The molecule has 0 unspecified atom stereocenters. The molecule has 0 aliphatic heterocycles. The molecule has 1 N–H and O–H groups in total. The summed E-state index contributed by atoms with van der Waals surface area (Å²) in [4.78, 5) is 15.4. The number of rotatable bonds is 8.